The van der Waals surface area contributed by atoms with Gasteiger partial charge in [0.25, 0.3) is 0 Å². The first-order valence-electron chi connectivity index (χ1n) is 8.48. The number of ether oxygens (including phenoxy) is 4. The molecule has 0 spiro atoms. The zero-order valence-corrected chi connectivity index (χ0v) is 16.3. The minimum Gasteiger partial charge on any atom is -0.495 e. The van der Waals surface area contributed by atoms with Gasteiger partial charge in [0.2, 0.25) is 5.75 Å². The standard InChI is InChI=1S/C21H25NO5/c1-6-13(19(23)14-7-9-16(22)18(12-14)25-3)11-15-8-10-17(24-2)21(27-5)20(15)26-4/h7-12H,6,22H2,1-5H3. The van der Waals surface area contributed by atoms with Gasteiger partial charge in [0.05, 0.1) is 34.1 Å². The molecule has 0 bridgehead atoms. The maximum atomic E-state index is 13.0. The molecular weight excluding hydrogens is 346 g/mol. The molecule has 0 saturated heterocycles. The fourth-order valence-corrected chi connectivity index (χ4v) is 2.79. The first-order chi connectivity index (χ1) is 13.0. The average Bonchev–Trinajstić information content (AvgIpc) is 2.70. The Morgan fingerprint density at radius 1 is 0.926 bits per heavy atom. The maximum Gasteiger partial charge on any atom is 0.203 e. The van der Waals surface area contributed by atoms with Crippen LogP contribution in [0.25, 0.3) is 6.08 Å². The zero-order chi connectivity index (χ0) is 20.0. The monoisotopic (exact) mass is 371 g/mol. The van der Waals surface area contributed by atoms with Gasteiger partial charge in [-0.3, -0.25) is 4.79 Å². The summed E-state index contributed by atoms with van der Waals surface area (Å²) >= 11 is 0. The zero-order valence-electron chi connectivity index (χ0n) is 16.3. The molecule has 0 aliphatic carbocycles. The van der Waals surface area contributed by atoms with Crippen molar-refractivity contribution in [3.8, 4) is 23.0 Å². The van der Waals surface area contributed by atoms with E-state index >= 15 is 0 Å². The molecule has 0 amide bonds. The van der Waals surface area contributed by atoms with Crippen molar-refractivity contribution in [2.45, 2.75) is 13.3 Å². The van der Waals surface area contributed by atoms with Crippen LogP contribution in [0.4, 0.5) is 5.69 Å². The van der Waals surface area contributed by atoms with Gasteiger partial charge in [-0.15, -0.1) is 0 Å². The summed E-state index contributed by atoms with van der Waals surface area (Å²) in [7, 11) is 6.17. The van der Waals surface area contributed by atoms with Crippen molar-refractivity contribution in [3.63, 3.8) is 0 Å². The van der Waals surface area contributed by atoms with Crippen LogP contribution in [0.15, 0.2) is 35.9 Å². The minimum atomic E-state index is -0.104. The summed E-state index contributed by atoms with van der Waals surface area (Å²) in [6, 6.07) is 8.60. The molecular formula is C21H25NO5. The third kappa shape index (κ3) is 4.16. The number of ketones is 1. The van der Waals surface area contributed by atoms with Crippen LogP contribution in [0.2, 0.25) is 0 Å². The van der Waals surface area contributed by atoms with Gasteiger partial charge in [-0.05, 0) is 42.8 Å². The highest BCUT2D eigenvalue weighted by atomic mass is 16.5. The van der Waals surface area contributed by atoms with Gasteiger partial charge in [0.1, 0.15) is 5.75 Å². The SMILES string of the molecule is CCC(=Cc1ccc(OC)c(OC)c1OC)C(=O)c1ccc(N)c(OC)c1. The Hall–Kier alpha value is -3.15. The van der Waals surface area contributed by atoms with Crippen molar-refractivity contribution in [2.75, 3.05) is 34.2 Å². The van der Waals surface area contributed by atoms with Crippen molar-refractivity contribution in [1.29, 1.82) is 0 Å². The first-order valence-corrected chi connectivity index (χ1v) is 8.48. The number of Topliss-reactive ketones (excluding diaryl/α,β-unsaturated/α-hetero) is 1. The second-order valence-corrected chi connectivity index (χ2v) is 5.73. The van der Waals surface area contributed by atoms with E-state index in [1.165, 1.54) is 7.11 Å². The van der Waals surface area contributed by atoms with E-state index in [4.69, 9.17) is 24.7 Å². The second kappa shape index (κ2) is 8.98. The molecule has 0 saturated carbocycles. The molecule has 0 radical (unpaired) electrons. The van der Waals surface area contributed by atoms with E-state index in [0.717, 1.165) is 5.56 Å². The van der Waals surface area contributed by atoms with E-state index in [0.29, 0.717) is 46.2 Å². The summed E-state index contributed by atoms with van der Waals surface area (Å²) < 4.78 is 21.4. The number of carbonyl (C=O) groups is 1. The Balaban J connectivity index is 2.51. The Labute approximate surface area is 159 Å². The van der Waals surface area contributed by atoms with Gasteiger partial charge >= 0.3 is 0 Å². The van der Waals surface area contributed by atoms with E-state index in [9.17, 15) is 4.79 Å². The molecule has 0 aromatic heterocycles. The molecule has 2 aromatic carbocycles. The molecule has 0 fully saturated rings. The average molecular weight is 371 g/mol. The quantitative estimate of drug-likeness (QED) is 0.429. The Morgan fingerprint density at radius 2 is 1.59 bits per heavy atom. The summed E-state index contributed by atoms with van der Waals surface area (Å²) in [5.41, 5.74) is 8.17. The number of anilines is 1. The Morgan fingerprint density at radius 3 is 2.15 bits per heavy atom. The summed E-state index contributed by atoms with van der Waals surface area (Å²) in [4.78, 5) is 13.0. The van der Waals surface area contributed by atoms with Crippen molar-refractivity contribution >= 4 is 17.5 Å². The number of methoxy groups -OCH3 is 4. The molecule has 6 heteroatoms. The molecule has 27 heavy (non-hydrogen) atoms. The fraction of sp³-hybridized carbons (Fsp3) is 0.286. The highest BCUT2D eigenvalue weighted by Gasteiger charge is 2.18. The maximum absolute atomic E-state index is 13.0. The highest BCUT2D eigenvalue weighted by molar-refractivity contribution is 6.11. The topological polar surface area (TPSA) is 80.0 Å². The van der Waals surface area contributed by atoms with Crippen LogP contribution in [0.3, 0.4) is 0 Å². The van der Waals surface area contributed by atoms with Gasteiger partial charge in [0.15, 0.2) is 17.3 Å². The number of nitrogen functional groups attached to an aromatic ring is 1. The third-order valence-electron chi connectivity index (χ3n) is 4.23. The second-order valence-electron chi connectivity index (χ2n) is 5.73. The molecule has 6 nitrogen and oxygen atoms in total. The predicted molar refractivity (Wildman–Crippen MR) is 106 cm³/mol. The van der Waals surface area contributed by atoms with Crippen molar-refractivity contribution in [1.82, 2.24) is 0 Å². The van der Waals surface area contributed by atoms with Crippen molar-refractivity contribution < 1.29 is 23.7 Å². The summed E-state index contributed by atoms with van der Waals surface area (Å²) in [6.45, 7) is 1.92. The lowest BCUT2D eigenvalue weighted by molar-refractivity contribution is 0.103. The highest BCUT2D eigenvalue weighted by Crippen LogP contribution is 2.41. The number of hydrogen-bond acceptors (Lipinski definition) is 6. The van der Waals surface area contributed by atoms with Gasteiger partial charge in [-0.1, -0.05) is 6.92 Å². The van der Waals surface area contributed by atoms with Crippen molar-refractivity contribution in [2.24, 2.45) is 0 Å². The Bertz CT molecular complexity index is 858. The van der Waals surface area contributed by atoms with E-state index in [2.05, 4.69) is 0 Å². The number of allylic oxidation sites excluding steroid dienone is 1. The molecule has 0 aliphatic rings. The minimum absolute atomic E-state index is 0.104. The lowest BCUT2D eigenvalue weighted by atomic mass is 9.98. The summed E-state index contributed by atoms with van der Waals surface area (Å²) in [5, 5.41) is 0. The molecule has 2 N–H and O–H groups in total. The molecule has 144 valence electrons. The predicted octanol–water partition coefficient (Wildman–Crippen LogP) is 3.98. The van der Waals surface area contributed by atoms with E-state index in [-0.39, 0.29) is 5.78 Å². The van der Waals surface area contributed by atoms with E-state index < -0.39 is 0 Å². The summed E-state index contributed by atoms with van der Waals surface area (Å²) in [5.74, 6) is 1.91. The normalized spacial score (nSPS) is 11.1. The van der Waals surface area contributed by atoms with Crippen LogP contribution in [0.5, 0.6) is 23.0 Å². The molecule has 2 aromatic rings. The number of benzene rings is 2. The van der Waals surface area contributed by atoms with Gasteiger partial charge in [0, 0.05) is 16.7 Å². The number of hydrogen-bond donors (Lipinski definition) is 1. The molecule has 0 unspecified atom stereocenters. The lowest BCUT2D eigenvalue weighted by Crippen LogP contribution is -2.05. The van der Waals surface area contributed by atoms with Crippen LogP contribution in [0, 0.1) is 0 Å². The number of nitrogens with two attached hydrogens (primary N) is 1. The third-order valence-corrected chi connectivity index (χ3v) is 4.23. The number of carbonyl (C=O) groups excluding carboxylic acids is 1. The largest absolute Gasteiger partial charge is 0.495 e. The smallest absolute Gasteiger partial charge is 0.203 e. The summed E-state index contributed by atoms with van der Waals surface area (Å²) in [6.07, 6.45) is 2.34. The van der Waals surface area contributed by atoms with Gasteiger partial charge in [-0.25, -0.2) is 0 Å². The fourth-order valence-electron chi connectivity index (χ4n) is 2.79. The van der Waals surface area contributed by atoms with Crippen LogP contribution in [-0.4, -0.2) is 34.2 Å². The molecule has 0 aliphatic heterocycles. The van der Waals surface area contributed by atoms with Gasteiger partial charge in [-0.2, -0.15) is 0 Å². The van der Waals surface area contributed by atoms with Crippen LogP contribution < -0.4 is 24.7 Å². The van der Waals surface area contributed by atoms with Crippen LogP contribution in [0.1, 0.15) is 29.3 Å². The molecule has 2 rings (SSSR count). The Kier molecular flexibility index (Phi) is 6.71. The van der Waals surface area contributed by atoms with Crippen molar-refractivity contribution in [3.05, 3.63) is 47.0 Å². The first kappa shape index (κ1) is 20.2. The van der Waals surface area contributed by atoms with E-state index in [1.807, 2.05) is 13.0 Å². The molecule has 0 heterocycles. The van der Waals surface area contributed by atoms with Gasteiger partial charge < -0.3 is 24.7 Å². The number of rotatable bonds is 8. The van der Waals surface area contributed by atoms with E-state index in [1.54, 1.807) is 51.7 Å². The molecule has 0 atom stereocenters. The van der Waals surface area contributed by atoms with Crippen LogP contribution >= 0.6 is 0 Å². The van der Waals surface area contributed by atoms with Crippen LogP contribution in [-0.2, 0) is 0 Å². The lowest BCUT2D eigenvalue weighted by Gasteiger charge is -2.15.